The molecule has 0 amide bonds. The van der Waals surface area contributed by atoms with E-state index in [9.17, 15) is 14.4 Å². The lowest BCUT2D eigenvalue weighted by atomic mass is 10.0. The SMILES string of the molecule is CC/C=C\C/C=C\C/C=C\C/C=C\C/C=C\C/C=C\C/C=C\CCCCCCCCCCCCCCCC(=O)OCC(COC(=O)CCCCCCCCCCCCC)OC(=O)CCCCCCC/C=C\C/C=C\CCCC. The first kappa shape index (κ1) is 74.1. The van der Waals surface area contributed by atoms with Crippen LogP contribution < -0.4 is 0 Å². The zero-order valence-electron chi connectivity index (χ0n) is 51.2. The molecule has 0 bridgehead atoms. The van der Waals surface area contributed by atoms with Gasteiger partial charge in [-0.1, -0.05) is 297 Å². The molecule has 446 valence electrons. The summed E-state index contributed by atoms with van der Waals surface area (Å²) in [6, 6.07) is 0. The molecular formula is C72H122O6. The molecule has 0 aromatic rings. The molecule has 0 spiro atoms. The number of unbranched alkanes of at least 4 members (excludes halogenated alkanes) is 30. The first-order chi connectivity index (χ1) is 38.5. The quantitative estimate of drug-likeness (QED) is 0.0261. The van der Waals surface area contributed by atoms with Crippen LogP contribution in [-0.2, 0) is 28.6 Å². The average molecular weight is 1080 g/mol. The van der Waals surface area contributed by atoms with Crippen LogP contribution in [0.1, 0.15) is 310 Å². The van der Waals surface area contributed by atoms with Crippen LogP contribution in [0.2, 0.25) is 0 Å². The molecule has 0 radical (unpaired) electrons. The third kappa shape index (κ3) is 62.9. The van der Waals surface area contributed by atoms with Gasteiger partial charge in [0.1, 0.15) is 13.2 Å². The maximum Gasteiger partial charge on any atom is 0.306 e. The van der Waals surface area contributed by atoms with Crippen LogP contribution in [0.5, 0.6) is 0 Å². The van der Waals surface area contributed by atoms with E-state index in [0.717, 1.165) is 128 Å². The molecule has 6 nitrogen and oxygen atoms in total. The van der Waals surface area contributed by atoms with E-state index < -0.39 is 6.10 Å². The largest absolute Gasteiger partial charge is 0.462 e. The minimum Gasteiger partial charge on any atom is -0.462 e. The van der Waals surface area contributed by atoms with Gasteiger partial charge < -0.3 is 14.2 Å². The number of carbonyl (C=O) groups is 3. The third-order valence-corrected chi connectivity index (χ3v) is 14.0. The Labute approximate surface area is 482 Å². The van der Waals surface area contributed by atoms with E-state index in [4.69, 9.17) is 14.2 Å². The van der Waals surface area contributed by atoms with Crippen molar-refractivity contribution in [3.63, 3.8) is 0 Å². The van der Waals surface area contributed by atoms with Crippen LogP contribution in [0.4, 0.5) is 0 Å². The molecule has 1 atom stereocenters. The smallest absolute Gasteiger partial charge is 0.306 e. The van der Waals surface area contributed by atoms with E-state index in [1.807, 2.05) is 0 Å². The van der Waals surface area contributed by atoms with Gasteiger partial charge in [0, 0.05) is 19.3 Å². The molecule has 0 saturated heterocycles. The summed E-state index contributed by atoms with van der Waals surface area (Å²) >= 11 is 0. The van der Waals surface area contributed by atoms with Crippen molar-refractivity contribution < 1.29 is 28.6 Å². The highest BCUT2D eigenvalue weighted by Gasteiger charge is 2.19. The summed E-state index contributed by atoms with van der Waals surface area (Å²) in [6.45, 7) is 6.48. The lowest BCUT2D eigenvalue weighted by Gasteiger charge is -2.18. The molecular weight excluding hydrogens is 961 g/mol. The molecule has 0 aliphatic heterocycles. The van der Waals surface area contributed by atoms with Crippen molar-refractivity contribution in [1.29, 1.82) is 0 Å². The Kier molecular flexibility index (Phi) is 62.3. The van der Waals surface area contributed by atoms with Crippen LogP contribution in [0, 0.1) is 0 Å². The predicted molar refractivity (Wildman–Crippen MR) is 339 cm³/mol. The first-order valence-corrected chi connectivity index (χ1v) is 32.9. The van der Waals surface area contributed by atoms with E-state index in [0.29, 0.717) is 19.3 Å². The normalized spacial score (nSPS) is 12.8. The zero-order chi connectivity index (χ0) is 56.4. The van der Waals surface area contributed by atoms with Gasteiger partial charge in [-0.2, -0.15) is 0 Å². The molecule has 0 N–H and O–H groups in total. The number of hydrogen-bond donors (Lipinski definition) is 0. The topological polar surface area (TPSA) is 78.9 Å². The first-order valence-electron chi connectivity index (χ1n) is 32.9. The highest BCUT2D eigenvalue weighted by Crippen LogP contribution is 2.16. The number of ether oxygens (including phenoxy) is 3. The molecule has 0 fully saturated rings. The van der Waals surface area contributed by atoms with Crippen molar-refractivity contribution in [2.45, 2.75) is 316 Å². The van der Waals surface area contributed by atoms with Crippen molar-refractivity contribution >= 4 is 17.9 Å². The predicted octanol–water partition coefficient (Wildman–Crippen LogP) is 22.6. The molecule has 0 saturated carbocycles. The molecule has 0 aliphatic rings. The van der Waals surface area contributed by atoms with E-state index in [1.165, 1.54) is 141 Å². The van der Waals surface area contributed by atoms with Crippen molar-refractivity contribution in [2.24, 2.45) is 0 Å². The van der Waals surface area contributed by atoms with E-state index >= 15 is 0 Å². The van der Waals surface area contributed by atoms with Crippen molar-refractivity contribution in [3.8, 4) is 0 Å². The van der Waals surface area contributed by atoms with E-state index in [-0.39, 0.29) is 31.1 Å². The van der Waals surface area contributed by atoms with Crippen LogP contribution in [-0.4, -0.2) is 37.2 Å². The number of allylic oxidation sites excluding steroid dienone is 18. The molecule has 6 heteroatoms. The Morgan fingerprint density at radius 3 is 0.821 bits per heavy atom. The van der Waals surface area contributed by atoms with Crippen LogP contribution in [0.25, 0.3) is 0 Å². The minimum atomic E-state index is -0.783. The Morgan fingerprint density at radius 2 is 0.513 bits per heavy atom. The van der Waals surface area contributed by atoms with Gasteiger partial charge in [-0.05, 0) is 103 Å². The van der Waals surface area contributed by atoms with E-state index in [2.05, 4.69) is 130 Å². The number of carbonyl (C=O) groups excluding carboxylic acids is 3. The Hall–Kier alpha value is -3.93. The highest BCUT2D eigenvalue weighted by molar-refractivity contribution is 5.71. The van der Waals surface area contributed by atoms with Crippen molar-refractivity contribution in [2.75, 3.05) is 13.2 Å². The van der Waals surface area contributed by atoms with Gasteiger partial charge in [-0.15, -0.1) is 0 Å². The van der Waals surface area contributed by atoms with Gasteiger partial charge in [0.2, 0.25) is 0 Å². The minimum absolute atomic E-state index is 0.0803. The van der Waals surface area contributed by atoms with Gasteiger partial charge in [0.05, 0.1) is 0 Å². The van der Waals surface area contributed by atoms with E-state index in [1.54, 1.807) is 0 Å². The molecule has 0 aromatic heterocycles. The fourth-order valence-electron chi connectivity index (χ4n) is 9.09. The maximum absolute atomic E-state index is 12.9. The maximum atomic E-state index is 12.9. The second-order valence-electron chi connectivity index (χ2n) is 21.6. The fourth-order valence-corrected chi connectivity index (χ4v) is 9.09. The summed E-state index contributed by atoms with van der Waals surface area (Å²) in [5.74, 6) is -0.888. The summed E-state index contributed by atoms with van der Waals surface area (Å²) in [4.78, 5) is 38.2. The molecule has 0 aromatic carbocycles. The Morgan fingerprint density at radius 1 is 0.269 bits per heavy atom. The fraction of sp³-hybridized carbons (Fsp3) is 0.708. The van der Waals surface area contributed by atoms with Gasteiger partial charge in [0.25, 0.3) is 0 Å². The van der Waals surface area contributed by atoms with Gasteiger partial charge in [-0.25, -0.2) is 0 Å². The molecule has 78 heavy (non-hydrogen) atoms. The van der Waals surface area contributed by atoms with Crippen LogP contribution >= 0.6 is 0 Å². The highest BCUT2D eigenvalue weighted by atomic mass is 16.6. The second kappa shape index (κ2) is 65.6. The summed E-state index contributed by atoms with van der Waals surface area (Å²) in [7, 11) is 0. The van der Waals surface area contributed by atoms with Crippen LogP contribution in [0.15, 0.2) is 109 Å². The lowest BCUT2D eigenvalue weighted by Crippen LogP contribution is -2.30. The monoisotopic (exact) mass is 1080 g/mol. The summed E-state index contributed by atoms with van der Waals surface area (Å²) < 4.78 is 16.9. The number of rotatable bonds is 59. The standard InChI is InChI=1S/C72H122O6/c1-4-7-10-13-16-19-22-24-26-27-28-29-30-31-32-33-34-35-36-37-38-39-40-41-42-43-44-45-46-48-50-53-56-59-62-65-71(74)77-68-69(67-76-70(73)64-61-58-55-52-49-21-18-15-12-9-6-3)78-72(75)66-63-60-57-54-51-47-25-23-20-17-14-11-8-5-2/h7,10,14,16-17,19,23-26,28-29,31-32,34-35,37-38,69H,4-6,8-9,11-13,15,18,20-22,27,30,33,36,39-68H2,1-3H3/b10-7-,17-14-,19-16-,25-23-,26-24-,29-28-,32-31-,35-34-,38-37-. The van der Waals surface area contributed by atoms with Gasteiger partial charge >= 0.3 is 17.9 Å². The summed E-state index contributed by atoms with van der Waals surface area (Å²) in [5, 5.41) is 0. The van der Waals surface area contributed by atoms with Crippen molar-refractivity contribution in [1.82, 2.24) is 0 Å². The van der Waals surface area contributed by atoms with Gasteiger partial charge in [0.15, 0.2) is 6.10 Å². The second-order valence-corrected chi connectivity index (χ2v) is 21.6. The van der Waals surface area contributed by atoms with Crippen LogP contribution in [0.3, 0.4) is 0 Å². The summed E-state index contributed by atoms with van der Waals surface area (Å²) in [6.07, 6.45) is 89.7. The van der Waals surface area contributed by atoms with Crippen molar-refractivity contribution in [3.05, 3.63) is 109 Å². The number of esters is 3. The Balaban J connectivity index is 4.13. The number of hydrogen-bond acceptors (Lipinski definition) is 6. The molecule has 1 unspecified atom stereocenters. The molecule has 0 rings (SSSR count). The third-order valence-electron chi connectivity index (χ3n) is 14.0. The average Bonchev–Trinajstić information content (AvgIpc) is 3.44. The lowest BCUT2D eigenvalue weighted by molar-refractivity contribution is -0.167. The zero-order valence-corrected chi connectivity index (χ0v) is 51.2. The van der Waals surface area contributed by atoms with Gasteiger partial charge in [-0.3, -0.25) is 14.4 Å². The Bertz CT molecular complexity index is 1570. The summed E-state index contributed by atoms with van der Waals surface area (Å²) in [5.41, 5.74) is 0. The molecule has 0 heterocycles. The molecule has 0 aliphatic carbocycles.